The van der Waals surface area contributed by atoms with Gasteiger partial charge in [-0.25, -0.2) is 9.18 Å². The first-order valence-corrected chi connectivity index (χ1v) is 11.6. The monoisotopic (exact) mass is 498 g/mol. The zero-order valence-corrected chi connectivity index (χ0v) is 19.8. The number of nitrogens with zero attached hydrogens (tertiary/aromatic N) is 3. The Balaban J connectivity index is 1.40. The van der Waals surface area contributed by atoms with Gasteiger partial charge in [0.2, 0.25) is 5.91 Å². The van der Waals surface area contributed by atoms with Crippen molar-refractivity contribution in [1.82, 2.24) is 9.88 Å². The number of pyridine rings is 1. The van der Waals surface area contributed by atoms with Crippen LogP contribution in [0, 0.1) is 5.82 Å². The predicted octanol–water partition coefficient (Wildman–Crippen LogP) is 2.81. The van der Waals surface area contributed by atoms with Crippen molar-refractivity contribution < 1.29 is 33.0 Å². The zero-order chi connectivity index (χ0) is 25.5. The lowest BCUT2D eigenvalue weighted by Crippen LogP contribution is -2.41. The normalized spacial score (nSPS) is 20.1. The Morgan fingerprint density at radius 2 is 2.19 bits per heavy atom. The number of morpholine rings is 1. The highest BCUT2D eigenvalue weighted by atomic mass is 19.1. The number of amides is 3. The van der Waals surface area contributed by atoms with Gasteiger partial charge in [-0.15, -0.1) is 0 Å². The summed E-state index contributed by atoms with van der Waals surface area (Å²) >= 11 is 0. The van der Waals surface area contributed by atoms with Gasteiger partial charge in [0.25, 0.3) is 5.91 Å². The molecule has 0 saturated carbocycles. The standard InChI is InChI=1S/C25H27FN4O6/c1-2-35-19-13-24(30(15-19)22(31)8-5-17-4-3-9-27-14-17)36-25(33)28-21-7-6-18(12-20(21)26)29-10-11-34-16-23(29)32/h3-9,12,14,19,24H,2,10-11,13,15-16H2,1H3,(H,28,33)/b8-5+/t19-,24-/m1/s1. The van der Waals surface area contributed by atoms with E-state index >= 15 is 0 Å². The molecule has 2 aromatic rings. The van der Waals surface area contributed by atoms with Crippen LogP contribution in [0.15, 0.2) is 48.8 Å². The Kier molecular flexibility index (Phi) is 8.24. The lowest BCUT2D eigenvalue weighted by atomic mass is 10.2. The summed E-state index contributed by atoms with van der Waals surface area (Å²) in [4.78, 5) is 44.2. The first-order chi connectivity index (χ1) is 17.4. The smallest absolute Gasteiger partial charge is 0.413 e. The number of anilines is 2. The van der Waals surface area contributed by atoms with Crippen molar-refractivity contribution in [2.24, 2.45) is 0 Å². The fourth-order valence-electron chi connectivity index (χ4n) is 4.03. The van der Waals surface area contributed by atoms with Crippen LogP contribution in [0.5, 0.6) is 0 Å². The van der Waals surface area contributed by atoms with Gasteiger partial charge >= 0.3 is 6.09 Å². The Bertz CT molecular complexity index is 1130. The molecule has 36 heavy (non-hydrogen) atoms. The molecule has 3 heterocycles. The van der Waals surface area contributed by atoms with Crippen molar-refractivity contribution in [1.29, 1.82) is 0 Å². The van der Waals surface area contributed by atoms with E-state index in [0.717, 1.165) is 5.56 Å². The molecule has 0 bridgehead atoms. The third kappa shape index (κ3) is 6.23. The Labute approximate surface area is 207 Å². The van der Waals surface area contributed by atoms with Crippen molar-refractivity contribution in [3.8, 4) is 0 Å². The van der Waals surface area contributed by atoms with Gasteiger partial charge in [-0.3, -0.25) is 19.9 Å². The number of likely N-dealkylation sites (tertiary alicyclic amines) is 1. The summed E-state index contributed by atoms with van der Waals surface area (Å²) in [5, 5.41) is 2.37. The minimum atomic E-state index is -0.916. The van der Waals surface area contributed by atoms with Crippen LogP contribution in [0.25, 0.3) is 6.08 Å². The summed E-state index contributed by atoms with van der Waals surface area (Å²) < 4.78 is 30.9. The molecule has 0 unspecified atom stereocenters. The second-order valence-corrected chi connectivity index (χ2v) is 8.17. The van der Waals surface area contributed by atoms with Crippen LogP contribution in [0.4, 0.5) is 20.6 Å². The third-order valence-electron chi connectivity index (χ3n) is 5.73. The summed E-state index contributed by atoms with van der Waals surface area (Å²) in [6.07, 6.45) is 4.43. The topological polar surface area (TPSA) is 110 Å². The fourth-order valence-corrected chi connectivity index (χ4v) is 4.03. The maximum atomic E-state index is 14.7. The van der Waals surface area contributed by atoms with Gasteiger partial charge in [0.1, 0.15) is 12.4 Å². The molecule has 1 aromatic carbocycles. The van der Waals surface area contributed by atoms with E-state index in [1.165, 1.54) is 34.1 Å². The molecule has 1 aromatic heterocycles. The molecule has 2 saturated heterocycles. The lowest BCUT2D eigenvalue weighted by molar-refractivity contribution is -0.132. The fraction of sp³-hybridized carbons (Fsp3) is 0.360. The number of aromatic nitrogens is 1. The molecule has 11 heteroatoms. The third-order valence-corrected chi connectivity index (χ3v) is 5.73. The molecule has 2 fully saturated rings. The van der Waals surface area contributed by atoms with E-state index < -0.39 is 18.1 Å². The summed E-state index contributed by atoms with van der Waals surface area (Å²) in [5.41, 5.74) is 1.00. The van der Waals surface area contributed by atoms with Gasteiger partial charge in [-0.05, 0) is 42.8 Å². The highest BCUT2D eigenvalue weighted by Gasteiger charge is 2.37. The molecule has 4 rings (SSSR count). The van der Waals surface area contributed by atoms with Gasteiger partial charge in [0, 0.05) is 43.7 Å². The minimum Gasteiger partial charge on any atom is -0.425 e. The van der Waals surface area contributed by atoms with Crippen LogP contribution < -0.4 is 10.2 Å². The number of rotatable bonds is 7. The first kappa shape index (κ1) is 25.3. The van der Waals surface area contributed by atoms with Crippen molar-refractivity contribution in [2.75, 3.05) is 43.1 Å². The van der Waals surface area contributed by atoms with Gasteiger partial charge in [0.15, 0.2) is 6.23 Å². The predicted molar refractivity (Wildman–Crippen MR) is 128 cm³/mol. The molecule has 2 aliphatic heterocycles. The summed E-state index contributed by atoms with van der Waals surface area (Å²) in [7, 11) is 0. The number of hydrogen-bond acceptors (Lipinski definition) is 7. The van der Waals surface area contributed by atoms with Crippen LogP contribution in [0.2, 0.25) is 0 Å². The maximum absolute atomic E-state index is 14.7. The zero-order valence-electron chi connectivity index (χ0n) is 19.8. The first-order valence-electron chi connectivity index (χ1n) is 11.6. The van der Waals surface area contributed by atoms with Crippen LogP contribution in [-0.4, -0.2) is 73.0 Å². The van der Waals surface area contributed by atoms with E-state index in [2.05, 4.69) is 10.3 Å². The number of halogens is 1. The molecule has 10 nitrogen and oxygen atoms in total. The van der Waals surface area contributed by atoms with E-state index in [0.29, 0.717) is 25.4 Å². The highest BCUT2D eigenvalue weighted by molar-refractivity contribution is 5.95. The molecule has 3 amide bonds. The number of nitrogens with one attached hydrogen (secondary N) is 1. The quantitative estimate of drug-likeness (QED) is 0.585. The summed E-state index contributed by atoms with van der Waals surface area (Å²) in [6.45, 7) is 3.14. The van der Waals surface area contributed by atoms with Gasteiger partial charge < -0.3 is 24.0 Å². The van der Waals surface area contributed by atoms with E-state index in [1.807, 2.05) is 6.92 Å². The second-order valence-electron chi connectivity index (χ2n) is 8.17. The van der Waals surface area contributed by atoms with E-state index in [4.69, 9.17) is 14.2 Å². The number of benzene rings is 1. The van der Waals surface area contributed by atoms with Gasteiger partial charge in [-0.2, -0.15) is 0 Å². The SMILES string of the molecule is CCO[C@@H]1C[C@@H](OC(=O)Nc2ccc(N3CCOCC3=O)cc2F)N(C(=O)/C=C/c2cccnc2)C1. The largest absolute Gasteiger partial charge is 0.425 e. The van der Waals surface area contributed by atoms with Crippen LogP contribution in [0.1, 0.15) is 18.9 Å². The lowest BCUT2D eigenvalue weighted by Gasteiger charge is -2.27. The highest BCUT2D eigenvalue weighted by Crippen LogP contribution is 2.25. The number of carbonyl (C=O) groups is 3. The molecule has 0 aliphatic carbocycles. The van der Waals surface area contributed by atoms with Crippen LogP contribution >= 0.6 is 0 Å². The molecule has 2 aliphatic rings. The second kappa shape index (κ2) is 11.7. The van der Waals surface area contributed by atoms with Crippen molar-refractivity contribution in [3.63, 3.8) is 0 Å². The minimum absolute atomic E-state index is 0.0648. The molecular formula is C25H27FN4O6. The number of carbonyl (C=O) groups excluding carboxylic acids is 3. The van der Waals surface area contributed by atoms with Gasteiger partial charge in [0.05, 0.1) is 24.9 Å². The Morgan fingerprint density at radius 1 is 1.33 bits per heavy atom. The Morgan fingerprint density at radius 3 is 2.92 bits per heavy atom. The molecule has 190 valence electrons. The number of hydrogen-bond donors (Lipinski definition) is 1. The molecule has 1 N–H and O–H groups in total. The average molecular weight is 499 g/mol. The summed E-state index contributed by atoms with van der Waals surface area (Å²) in [6, 6.07) is 7.61. The van der Waals surface area contributed by atoms with E-state index in [9.17, 15) is 18.8 Å². The molecule has 0 radical (unpaired) electrons. The van der Waals surface area contributed by atoms with E-state index in [-0.39, 0.29) is 43.2 Å². The van der Waals surface area contributed by atoms with Crippen molar-refractivity contribution >= 4 is 35.4 Å². The van der Waals surface area contributed by atoms with Crippen LogP contribution in [0.3, 0.4) is 0 Å². The maximum Gasteiger partial charge on any atom is 0.413 e. The number of ether oxygens (including phenoxy) is 3. The molecule has 2 atom stereocenters. The van der Waals surface area contributed by atoms with E-state index in [1.54, 1.807) is 30.6 Å². The van der Waals surface area contributed by atoms with Crippen LogP contribution in [-0.2, 0) is 23.8 Å². The van der Waals surface area contributed by atoms with Gasteiger partial charge in [-0.1, -0.05) is 6.07 Å². The molecular weight excluding hydrogens is 471 g/mol. The Hall–Kier alpha value is -3.83. The average Bonchev–Trinajstić information content (AvgIpc) is 3.27. The van der Waals surface area contributed by atoms with Crippen molar-refractivity contribution in [2.45, 2.75) is 25.7 Å². The molecule has 0 spiro atoms. The van der Waals surface area contributed by atoms with Crippen molar-refractivity contribution in [3.05, 3.63) is 60.2 Å². The summed E-state index contributed by atoms with van der Waals surface area (Å²) in [5.74, 6) is -1.35.